The summed E-state index contributed by atoms with van der Waals surface area (Å²) in [4.78, 5) is 16.5. The summed E-state index contributed by atoms with van der Waals surface area (Å²) in [5, 5.41) is 6.64. The van der Waals surface area contributed by atoms with Crippen molar-refractivity contribution in [1.29, 1.82) is 0 Å². The van der Waals surface area contributed by atoms with Gasteiger partial charge in [0.25, 0.3) is 5.91 Å². The molecule has 0 fully saturated rings. The van der Waals surface area contributed by atoms with Crippen LogP contribution in [0.1, 0.15) is 12.5 Å². The molecule has 0 saturated heterocycles. The molecular formula is C20H18ClN3O2S2. The van der Waals surface area contributed by atoms with Gasteiger partial charge in [0.15, 0.2) is 4.34 Å². The van der Waals surface area contributed by atoms with Crippen molar-refractivity contribution >= 4 is 46.8 Å². The van der Waals surface area contributed by atoms with Gasteiger partial charge in [0, 0.05) is 16.0 Å². The molecule has 0 radical (unpaired) electrons. The Morgan fingerprint density at radius 1 is 1.25 bits per heavy atom. The van der Waals surface area contributed by atoms with E-state index in [1.54, 1.807) is 6.21 Å². The summed E-state index contributed by atoms with van der Waals surface area (Å²) in [6.45, 7) is 2.56. The number of rotatable bonds is 8. The lowest BCUT2D eigenvalue weighted by molar-refractivity contribution is -0.118. The molecular weight excluding hydrogens is 414 g/mol. The van der Waals surface area contributed by atoms with E-state index in [0.29, 0.717) is 11.6 Å². The van der Waals surface area contributed by atoms with Gasteiger partial charge in [0.1, 0.15) is 5.75 Å². The number of nitrogens with one attached hydrogen (secondary N) is 1. The van der Waals surface area contributed by atoms with Gasteiger partial charge >= 0.3 is 0 Å². The Bertz CT molecular complexity index is 941. The molecule has 1 N–H and O–H groups in total. The highest BCUT2D eigenvalue weighted by molar-refractivity contribution is 8.01. The number of carbonyl (C=O) groups is 1. The van der Waals surface area contributed by atoms with Crippen LogP contribution in [-0.4, -0.2) is 29.5 Å². The third-order valence-corrected chi connectivity index (χ3v) is 5.82. The van der Waals surface area contributed by atoms with Gasteiger partial charge in [-0.2, -0.15) is 5.10 Å². The zero-order chi connectivity index (χ0) is 19.8. The highest BCUT2D eigenvalue weighted by Crippen LogP contribution is 2.28. The summed E-state index contributed by atoms with van der Waals surface area (Å²) in [5.41, 5.74) is 5.28. The largest absolute Gasteiger partial charge is 0.494 e. The predicted octanol–water partition coefficient (Wildman–Crippen LogP) is 5.10. The third-order valence-electron chi connectivity index (χ3n) is 3.54. The molecule has 1 aromatic heterocycles. The van der Waals surface area contributed by atoms with E-state index in [-0.39, 0.29) is 11.7 Å². The maximum absolute atomic E-state index is 12.0. The van der Waals surface area contributed by atoms with Gasteiger partial charge in [-0.25, -0.2) is 10.4 Å². The highest BCUT2D eigenvalue weighted by Gasteiger charge is 2.08. The van der Waals surface area contributed by atoms with Crippen molar-refractivity contribution in [2.24, 2.45) is 5.10 Å². The monoisotopic (exact) mass is 431 g/mol. The van der Waals surface area contributed by atoms with E-state index < -0.39 is 0 Å². The summed E-state index contributed by atoms with van der Waals surface area (Å²) in [6, 6.07) is 15.0. The van der Waals surface area contributed by atoms with Gasteiger partial charge < -0.3 is 4.74 Å². The summed E-state index contributed by atoms with van der Waals surface area (Å²) in [5.74, 6) is 0.866. The van der Waals surface area contributed by atoms with Crippen LogP contribution in [0, 0.1) is 0 Å². The van der Waals surface area contributed by atoms with Crippen LogP contribution >= 0.6 is 34.7 Å². The number of hydrogen-bond acceptors (Lipinski definition) is 6. The van der Waals surface area contributed by atoms with E-state index in [9.17, 15) is 4.79 Å². The molecule has 0 spiro atoms. The Balaban J connectivity index is 1.46. The Morgan fingerprint density at radius 3 is 2.71 bits per heavy atom. The molecule has 0 unspecified atom stereocenters. The van der Waals surface area contributed by atoms with Crippen molar-refractivity contribution in [3.8, 4) is 17.0 Å². The lowest BCUT2D eigenvalue weighted by Gasteiger charge is -2.02. The maximum Gasteiger partial charge on any atom is 0.250 e. The van der Waals surface area contributed by atoms with Crippen LogP contribution in [0.15, 0.2) is 63.4 Å². The number of ether oxygens (including phenoxy) is 1. The Morgan fingerprint density at radius 2 is 2.00 bits per heavy atom. The van der Waals surface area contributed by atoms with Gasteiger partial charge in [-0.15, -0.1) is 11.3 Å². The minimum Gasteiger partial charge on any atom is -0.494 e. The normalized spacial score (nSPS) is 10.9. The van der Waals surface area contributed by atoms with Crippen molar-refractivity contribution in [3.05, 3.63) is 64.5 Å². The Labute approximate surface area is 176 Å². The number of nitrogens with zero attached hydrogens (tertiary/aromatic N) is 2. The molecule has 0 saturated carbocycles. The molecule has 0 atom stereocenters. The minimum atomic E-state index is -0.185. The molecule has 0 bridgehead atoms. The van der Waals surface area contributed by atoms with Gasteiger partial charge in [0.05, 0.1) is 24.3 Å². The lowest BCUT2D eigenvalue weighted by Crippen LogP contribution is -2.19. The molecule has 0 aliphatic heterocycles. The fraction of sp³-hybridized carbons (Fsp3) is 0.150. The second kappa shape index (κ2) is 10.3. The molecule has 1 heterocycles. The second-order valence-electron chi connectivity index (χ2n) is 5.59. The van der Waals surface area contributed by atoms with E-state index in [4.69, 9.17) is 16.3 Å². The summed E-state index contributed by atoms with van der Waals surface area (Å²) >= 11 is 8.79. The van der Waals surface area contributed by atoms with Gasteiger partial charge in [-0.1, -0.05) is 35.5 Å². The van der Waals surface area contributed by atoms with Crippen LogP contribution in [0.5, 0.6) is 5.75 Å². The third kappa shape index (κ3) is 6.09. The first-order valence-electron chi connectivity index (χ1n) is 8.53. The zero-order valence-corrected chi connectivity index (χ0v) is 17.5. The van der Waals surface area contributed by atoms with Gasteiger partial charge in [0.2, 0.25) is 0 Å². The van der Waals surface area contributed by atoms with Crippen molar-refractivity contribution in [1.82, 2.24) is 10.4 Å². The van der Waals surface area contributed by atoms with Crippen LogP contribution in [0.4, 0.5) is 0 Å². The number of thioether (sulfide) groups is 1. The maximum atomic E-state index is 12.0. The number of hydrazone groups is 1. The molecule has 2 aromatic carbocycles. The molecule has 1 amide bonds. The van der Waals surface area contributed by atoms with Crippen LogP contribution in [0.2, 0.25) is 5.02 Å². The van der Waals surface area contributed by atoms with E-state index in [2.05, 4.69) is 15.5 Å². The summed E-state index contributed by atoms with van der Waals surface area (Å²) in [6.07, 6.45) is 1.60. The van der Waals surface area contributed by atoms with E-state index in [0.717, 1.165) is 26.9 Å². The van der Waals surface area contributed by atoms with Crippen molar-refractivity contribution in [3.63, 3.8) is 0 Å². The first-order chi connectivity index (χ1) is 13.6. The number of thiazole rings is 1. The lowest BCUT2D eigenvalue weighted by atomic mass is 10.2. The predicted molar refractivity (Wildman–Crippen MR) is 117 cm³/mol. The molecule has 0 aliphatic carbocycles. The Hall–Kier alpha value is -2.35. The molecule has 5 nitrogen and oxygen atoms in total. The van der Waals surface area contributed by atoms with E-state index in [1.807, 2.05) is 60.8 Å². The first kappa shape index (κ1) is 20.4. The standard InChI is InChI=1S/C20H18ClN3O2S2/c1-2-26-17-9-3-14(4-10-17)11-22-24-19(25)13-28-20-23-18(12-27-20)15-5-7-16(21)8-6-15/h3-12H,2,13H2,1H3,(H,24,25)/b22-11+. The SMILES string of the molecule is CCOc1ccc(/C=N/NC(=O)CSc2nc(-c3ccc(Cl)cc3)cs2)cc1. The summed E-state index contributed by atoms with van der Waals surface area (Å²) in [7, 11) is 0. The number of hydrogen-bond donors (Lipinski definition) is 1. The van der Waals surface area contributed by atoms with Crippen LogP contribution in [-0.2, 0) is 4.79 Å². The molecule has 28 heavy (non-hydrogen) atoms. The fourth-order valence-corrected chi connectivity index (χ4v) is 3.99. The average molecular weight is 432 g/mol. The topological polar surface area (TPSA) is 63.6 Å². The fourth-order valence-electron chi connectivity index (χ4n) is 2.23. The van der Waals surface area contributed by atoms with Crippen LogP contribution < -0.4 is 10.2 Å². The first-order valence-corrected chi connectivity index (χ1v) is 10.8. The molecule has 144 valence electrons. The molecule has 3 rings (SSSR count). The summed E-state index contributed by atoms with van der Waals surface area (Å²) < 4.78 is 6.21. The quantitative estimate of drug-likeness (QED) is 0.306. The molecule has 0 aliphatic rings. The number of amides is 1. The van der Waals surface area contributed by atoms with Crippen molar-refractivity contribution in [2.45, 2.75) is 11.3 Å². The smallest absolute Gasteiger partial charge is 0.250 e. The van der Waals surface area contributed by atoms with Gasteiger partial charge in [-0.05, 0) is 48.9 Å². The van der Waals surface area contributed by atoms with Crippen molar-refractivity contribution < 1.29 is 9.53 Å². The number of aromatic nitrogens is 1. The molecule has 8 heteroatoms. The van der Waals surface area contributed by atoms with Crippen molar-refractivity contribution in [2.75, 3.05) is 12.4 Å². The van der Waals surface area contributed by atoms with E-state index in [1.165, 1.54) is 23.1 Å². The molecule has 3 aromatic rings. The second-order valence-corrected chi connectivity index (χ2v) is 8.11. The van der Waals surface area contributed by atoms with Crippen LogP contribution in [0.25, 0.3) is 11.3 Å². The Kier molecular flexibility index (Phi) is 7.47. The number of benzene rings is 2. The van der Waals surface area contributed by atoms with E-state index >= 15 is 0 Å². The highest BCUT2D eigenvalue weighted by atomic mass is 35.5. The van der Waals surface area contributed by atoms with Gasteiger partial charge in [-0.3, -0.25) is 4.79 Å². The van der Waals surface area contributed by atoms with Crippen LogP contribution in [0.3, 0.4) is 0 Å². The zero-order valence-electron chi connectivity index (χ0n) is 15.1. The number of carbonyl (C=O) groups excluding carboxylic acids is 1. The average Bonchev–Trinajstić information content (AvgIpc) is 3.18. The number of halogens is 1. The minimum absolute atomic E-state index is 0.185.